The number of carbonyl (C=O) groups is 1. The van der Waals surface area contributed by atoms with Crippen molar-refractivity contribution in [1.82, 2.24) is 5.32 Å². The molecule has 0 fully saturated rings. The summed E-state index contributed by atoms with van der Waals surface area (Å²) >= 11 is 0. The van der Waals surface area contributed by atoms with Crippen LogP contribution in [0.15, 0.2) is 54.6 Å². The summed E-state index contributed by atoms with van der Waals surface area (Å²) in [6.45, 7) is 5.84. The van der Waals surface area contributed by atoms with Gasteiger partial charge in [-0.05, 0) is 29.2 Å². The molecule has 0 aliphatic heterocycles. The second kappa shape index (κ2) is 8.46. The maximum absolute atomic E-state index is 12.8. The first kappa shape index (κ1) is 19.4. The van der Waals surface area contributed by atoms with Crippen LogP contribution in [0.25, 0.3) is 0 Å². The van der Waals surface area contributed by atoms with E-state index in [0.29, 0.717) is 17.9 Å². The van der Waals surface area contributed by atoms with Crippen LogP contribution < -0.4 is 5.32 Å². The fourth-order valence-corrected chi connectivity index (χ4v) is 3.70. The lowest BCUT2D eigenvalue weighted by atomic mass is 10.0. The van der Waals surface area contributed by atoms with E-state index in [1.54, 1.807) is 30.9 Å². The minimum atomic E-state index is -2.99. The van der Waals surface area contributed by atoms with E-state index in [-0.39, 0.29) is 5.91 Å². The van der Waals surface area contributed by atoms with E-state index in [9.17, 15) is 9.36 Å². The second-order valence-electron chi connectivity index (χ2n) is 6.55. The van der Waals surface area contributed by atoms with Gasteiger partial charge in [0.05, 0.1) is 0 Å². The van der Waals surface area contributed by atoms with Crippen LogP contribution in [-0.4, -0.2) is 25.5 Å². The Bertz CT molecular complexity index is 741. The molecule has 0 saturated carbocycles. The normalized spacial score (nSPS) is 14.8. The Morgan fingerprint density at radius 2 is 1.68 bits per heavy atom. The molecule has 25 heavy (non-hydrogen) atoms. The average Bonchev–Trinajstić information content (AvgIpc) is 2.62. The minimum absolute atomic E-state index is 0.247. The Labute approximate surface area is 150 Å². The molecule has 1 N–H and O–H groups in total. The van der Waals surface area contributed by atoms with Crippen LogP contribution >= 0.6 is 7.37 Å². The first-order valence-electron chi connectivity index (χ1n) is 8.41. The molecule has 5 heteroatoms. The Kier molecular flexibility index (Phi) is 6.57. The van der Waals surface area contributed by atoms with Gasteiger partial charge in [-0.15, -0.1) is 0 Å². The van der Waals surface area contributed by atoms with Crippen LogP contribution in [0.2, 0.25) is 0 Å². The van der Waals surface area contributed by atoms with Crippen molar-refractivity contribution in [3.63, 3.8) is 0 Å². The number of benzene rings is 2. The Balaban J connectivity index is 2.19. The number of carbonyl (C=O) groups excluding carboxylic acids is 1. The third-order valence-electron chi connectivity index (χ3n) is 4.34. The summed E-state index contributed by atoms with van der Waals surface area (Å²) in [7, 11) is -1.57. The summed E-state index contributed by atoms with van der Waals surface area (Å²) in [5.74, 6) is -0.363. The van der Waals surface area contributed by atoms with Crippen LogP contribution in [0.5, 0.6) is 0 Å². The van der Waals surface area contributed by atoms with Gasteiger partial charge in [0.2, 0.25) is 7.37 Å². The molecule has 0 radical (unpaired) electrons. The molecule has 0 spiro atoms. The lowest BCUT2D eigenvalue weighted by molar-refractivity contribution is 0.0945. The van der Waals surface area contributed by atoms with Crippen molar-refractivity contribution in [2.75, 3.05) is 13.8 Å². The molecule has 1 unspecified atom stereocenters. The van der Waals surface area contributed by atoms with Crippen molar-refractivity contribution in [2.45, 2.75) is 32.0 Å². The van der Waals surface area contributed by atoms with Crippen molar-refractivity contribution in [3.05, 3.63) is 71.3 Å². The fraction of sp³-hybridized carbons (Fsp3) is 0.350. The van der Waals surface area contributed by atoms with E-state index in [2.05, 4.69) is 31.3 Å². The standard InChI is InChI=1S/C20H26NO3P/c1-15(2)17-12-10-16(11-13-17)14-19(25(4,23)24-3)21-20(22)18-8-6-5-7-9-18/h5-13,15,19H,14H2,1-4H3,(H,21,22)/t19-,25?/m0/s1. The van der Waals surface area contributed by atoms with E-state index in [0.717, 1.165) is 5.56 Å². The van der Waals surface area contributed by atoms with Crippen molar-refractivity contribution in [2.24, 2.45) is 0 Å². The van der Waals surface area contributed by atoms with Crippen molar-refractivity contribution >= 4 is 13.3 Å². The highest BCUT2D eigenvalue weighted by atomic mass is 31.2. The monoisotopic (exact) mass is 359 g/mol. The second-order valence-corrected chi connectivity index (χ2v) is 9.35. The van der Waals surface area contributed by atoms with Crippen molar-refractivity contribution in [3.8, 4) is 0 Å². The Morgan fingerprint density at radius 3 is 2.20 bits per heavy atom. The first-order valence-corrected chi connectivity index (χ1v) is 10.5. The highest BCUT2D eigenvalue weighted by Crippen LogP contribution is 2.47. The zero-order valence-corrected chi connectivity index (χ0v) is 16.1. The fourth-order valence-electron chi connectivity index (χ4n) is 2.55. The molecule has 0 aromatic heterocycles. The van der Waals surface area contributed by atoms with Crippen molar-refractivity contribution in [1.29, 1.82) is 0 Å². The van der Waals surface area contributed by atoms with Gasteiger partial charge in [0.15, 0.2) is 0 Å². The smallest absolute Gasteiger partial charge is 0.251 e. The molecule has 0 aliphatic rings. The molecule has 4 nitrogen and oxygen atoms in total. The number of nitrogens with one attached hydrogen (secondary N) is 1. The molecule has 1 amide bonds. The third-order valence-corrected chi connectivity index (χ3v) is 6.51. The minimum Gasteiger partial charge on any atom is -0.340 e. The molecule has 134 valence electrons. The third kappa shape index (κ3) is 5.29. The SMILES string of the molecule is COP(C)(=O)[C@@H](Cc1ccc(C(C)C)cc1)NC(=O)c1ccccc1. The highest BCUT2D eigenvalue weighted by molar-refractivity contribution is 7.58. The molecule has 2 aromatic rings. The lowest BCUT2D eigenvalue weighted by Crippen LogP contribution is -2.36. The largest absolute Gasteiger partial charge is 0.340 e. The summed E-state index contributed by atoms with van der Waals surface area (Å²) < 4.78 is 18.0. The number of hydrogen-bond acceptors (Lipinski definition) is 3. The summed E-state index contributed by atoms with van der Waals surface area (Å²) in [5, 5.41) is 2.88. The van der Waals surface area contributed by atoms with Gasteiger partial charge in [-0.3, -0.25) is 9.36 Å². The van der Waals surface area contributed by atoms with Gasteiger partial charge in [0.1, 0.15) is 5.78 Å². The number of hydrogen-bond donors (Lipinski definition) is 1. The van der Waals surface area contributed by atoms with E-state index < -0.39 is 13.2 Å². The van der Waals surface area contributed by atoms with Gasteiger partial charge in [0, 0.05) is 25.8 Å². The van der Waals surface area contributed by atoms with Gasteiger partial charge in [-0.1, -0.05) is 56.3 Å². The number of amides is 1. The predicted octanol–water partition coefficient (Wildman–Crippen LogP) is 4.66. The molecule has 0 bridgehead atoms. The first-order chi connectivity index (χ1) is 11.8. The Morgan fingerprint density at radius 1 is 1.08 bits per heavy atom. The van der Waals surface area contributed by atoms with Crippen LogP contribution in [0.4, 0.5) is 0 Å². The zero-order chi connectivity index (χ0) is 18.4. The molecular formula is C20H26NO3P. The van der Waals surface area contributed by atoms with Crippen LogP contribution in [0.3, 0.4) is 0 Å². The van der Waals surface area contributed by atoms with Gasteiger partial charge in [-0.2, -0.15) is 0 Å². The topological polar surface area (TPSA) is 55.4 Å². The van der Waals surface area contributed by atoms with E-state index >= 15 is 0 Å². The summed E-state index contributed by atoms with van der Waals surface area (Å²) in [5.41, 5.74) is 2.81. The predicted molar refractivity (Wildman–Crippen MR) is 102 cm³/mol. The van der Waals surface area contributed by atoms with Crippen molar-refractivity contribution < 1.29 is 13.9 Å². The Hall–Kier alpha value is -1.90. The highest BCUT2D eigenvalue weighted by Gasteiger charge is 2.30. The summed E-state index contributed by atoms with van der Waals surface area (Å²) in [6, 6.07) is 17.1. The maximum Gasteiger partial charge on any atom is 0.251 e. The zero-order valence-electron chi connectivity index (χ0n) is 15.2. The van der Waals surface area contributed by atoms with Gasteiger partial charge < -0.3 is 9.84 Å². The quantitative estimate of drug-likeness (QED) is 0.731. The molecule has 2 aromatic carbocycles. The van der Waals surface area contributed by atoms with Crippen LogP contribution in [0.1, 0.15) is 41.3 Å². The molecular weight excluding hydrogens is 333 g/mol. The lowest BCUT2D eigenvalue weighted by Gasteiger charge is -2.24. The van der Waals surface area contributed by atoms with E-state index in [1.807, 2.05) is 18.2 Å². The molecule has 2 rings (SSSR count). The van der Waals surface area contributed by atoms with Crippen LogP contribution in [0, 0.1) is 0 Å². The molecule has 0 saturated heterocycles. The van der Waals surface area contributed by atoms with Gasteiger partial charge >= 0.3 is 0 Å². The van der Waals surface area contributed by atoms with E-state index in [4.69, 9.17) is 4.52 Å². The molecule has 0 heterocycles. The van der Waals surface area contributed by atoms with Gasteiger partial charge in [0.25, 0.3) is 5.91 Å². The number of rotatable bonds is 7. The van der Waals surface area contributed by atoms with Crippen LogP contribution in [-0.2, 0) is 15.5 Å². The molecule has 2 atom stereocenters. The summed E-state index contributed by atoms with van der Waals surface area (Å²) in [6.07, 6.45) is 0.457. The summed E-state index contributed by atoms with van der Waals surface area (Å²) in [4.78, 5) is 12.5. The van der Waals surface area contributed by atoms with Gasteiger partial charge in [-0.25, -0.2) is 0 Å². The molecule has 0 aliphatic carbocycles. The maximum atomic E-state index is 12.8. The van der Waals surface area contributed by atoms with E-state index in [1.165, 1.54) is 12.7 Å². The average molecular weight is 359 g/mol.